The second kappa shape index (κ2) is 5.47. The van der Waals surface area contributed by atoms with Crippen LogP contribution >= 0.6 is 0 Å². The van der Waals surface area contributed by atoms with E-state index in [1.54, 1.807) is 0 Å². The van der Waals surface area contributed by atoms with E-state index in [2.05, 4.69) is 4.90 Å². The van der Waals surface area contributed by atoms with Gasteiger partial charge in [0.25, 0.3) is 0 Å². The van der Waals surface area contributed by atoms with Gasteiger partial charge < -0.3 is 5.11 Å². The second-order valence-corrected chi connectivity index (χ2v) is 7.82. The Hall–Kier alpha value is -0.500. The number of hydrogen-bond acceptors (Lipinski definition) is 5. The van der Waals surface area contributed by atoms with E-state index in [0.29, 0.717) is 25.2 Å². The summed E-state index contributed by atoms with van der Waals surface area (Å²) in [5, 5.41) is 10.0. The van der Waals surface area contributed by atoms with Gasteiger partial charge >= 0.3 is 0 Å². The molecule has 0 aliphatic carbocycles. The highest BCUT2D eigenvalue weighted by Crippen LogP contribution is 2.33. The standard InChI is InChI=1S/C12H22N2O4S/c1-13(19(2,17)18)7-12(16)8-14-9-3-4-10(14)6-11(15)5-9/h9-10,12,16H,3-8H2,1-2H3/t9-,10+,12-/m1/s1. The lowest BCUT2D eigenvalue weighted by molar-refractivity contribution is -0.124. The van der Waals surface area contributed by atoms with Gasteiger partial charge in [-0.3, -0.25) is 9.69 Å². The highest BCUT2D eigenvalue weighted by molar-refractivity contribution is 7.88. The van der Waals surface area contributed by atoms with E-state index in [0.717, 1.165) is 23.4 Å². The summed E-state index contributed by atoms with van der Waals surface area (Å²) in [6, 6.07) is 0.480. The van der Waals surface area contributed by atoms with Crippen LogP contribution in [-0.2, 0) is 14.8 Å². The Bertz CT molecular complexity index is 435. The average Bonchev–Trinajstić information content (AvgIpc) is 2.52. The van der Waals surface area contributed by atoms with Gasteiger partial charge in [-0.1, -0.05) is 0 Å². The molecule has 0 spiro atoms. The van der Waals surface area contributed by atoms with Crippen molar-refractivity contribution in [2.75, 3.05) is 26.4 Å². The number of aliphatic hydroxyl groups is 1. The molecule has 0 aromatic rings. The van der Waals surface area contributed by atoms with Gasteiger partial charge in [0.05, 0.1) is 12.4 Å². The Labute approximate surface area is 114 Å². The summed E-state index contributed by atoms with van der Waals surface area (Å²) >= 11 is 0. The van der Waals surface area contributed by atoms with Gasteiger partial charge in [0, 0.05) is 45.1 Å². The van der Waals surface area contributed by atoms with E-state index in [-0.39, 0.29) is 18.6 Å². The van der Waals surface area contributed by atoms with Crippen LogP contribution < -0.4 is 0 Å². The van der Waals surface area contributed by atoms with Gasteiger partial charge in [-0.2, -0.15) is 0 Å². The minimum absolute atomic E-state index is 0.0999. The number of nitrogens with zero attached hydrogens (tertiary/aromatic N) is 2. The molecular weight excluding hydrogens is 268 g/mol. The van der Waals surface area contributed by atoms with Crippen molar-refractivity contribution in [3.63, 3.8) is 0 Å². The molecule has 2 aliphatic rings. The summed E-state index contributed by atoms with van der Waals surface area (Å²) < 4.78 is 23.8. The summed E-state index contributed by atoms with van der Waals surface area (Å²) in [7, 11) is -1.79. The first-order valence-corrected chi connectivity index (χ1v) is 8.49. The molecule has 0 saturated carbocycles. The number of fused-ring (bicyclic) bond motifs is 2. The predicted molar refractivity (Wildman–Crippen MR) is 71.2 cm³/mol. The van der Waals surface area contributed by atoms with Crippen molar-refractivity contribution in [3.8, 4) is 0 Å². The van der Waals surface area contributed by atoms with Crippen LogP contribution in [0.1, 0.15) is 25.7 Å². The molecule has 2 bridgehead atoms. The van der Waals surface area contributed by atoms with E-state index >= 15 is 0 Å². The number of rotatable bonds is 5. The van der Waals surface area contributed by atoms with Crippen LogP contribution in [0.4, 0.5) is 0 Å². The third kappa shape index (κ3) is 3.53. The molecule has 110 valence electrons. The van der Waals surface area contributed by atoms with Crippen LogP contribution in [0, 0.1) is 0 Å². The number of hydrogen-bond donors (Lipinski definition) is 1. The number of carbonyl (C=O) groups is 1. The van der Waals surface area contributed by atoms with Crippen molar-refractivity contribution in [1.29, 1.82) is 0 Å². The third-order valence-electron chi connectivity index (χ3n) is 4.15. The lowest BCUT2D eigenvalue weighted by Crippen LogP contribution is -2.48. The predicted octanol–water partition coefficient (Wildman–Crippen LogP) is -0.565. The zero-order chi connectivity index (χ0) is 14.2. The summed E-state index contributed by atoms with van der Waals surface area (Å²) in [5.41, 5.74) is 0. The van der Waals surface area contributed by atoms with Crippen molar-refractivity contribution in [3.05, 3.63) is 0 Å². The molecule has 0 unspecified atom stereocenters. The van der Waals surface area contributed by atoms with Gasteiger partial charge in [-0.15, -0.1) is 0 Å². The number of ketones is 1. The van der Waals surface area contributed by atoms with E-state index in [1.165, 1.54) is 7.05 Å². The molecule has 3 atom stereocenters. The maximum absolute atomic E-state index is 11.5. The van der Waals surface area contributed by atoms with Crippen molar-refractivity contribution in [2.45, 2.75) is 43.9 Å². The van der Waals surface area contributed by atoms with Crippen molar-refractivity contribution in [1.82, 2.24) is 9.21 Å². The summed E-state index contributed by atoms with van der Waals surface area (Å²) in [5.74, 6) is 0.312. The molecule has 19 heavy (non-hydrogen) atoms. The lowest BCUT2D eigenvalue weighted by Gasteiger charge is -2.35. The first-order valence-electron chi connectivity index (χ1n) is 6.64. The maximum atomic E-state index is 11.5. The maximum Gasteiger partial charge on any atom is 0.211 e. The molecule has 2 rings (SSSR count). The van der Waals surface area contributed by atoms with E-state index in [9.17, 15) is 18.3 Å². The molecule has 0 aromatic carbocycles. The highest BCUT2D eigenvalue weighted by atomic mass is 32.2. The molecule has 0 aromatic heterocycles. The van der Waals surface area contributed by atoms with Crippen molar-refractivity contribution >= 4 is 15.8 Å². The minimum atomic E-state index is -3.26. The molecule has 0 radical (unpaired) electrons. The second-order valence-electron chi connectivity index (χ2n) is 5.73. The molecule has 2 saturated heterocycles. The summed E-state index contributed by atoms with van der Waals surface area (Å²) in [4.78, 5) is 13.7. The minimum Gasteiger partial charge on any atom is -0.390 e. The highest BCUT2D eigenvalue weighted by Gasteiger charge is 2.40. The van der Waals surface area contributed by atoms with Crippen LogP contribution in [-0.4, -0.2) is 73.1 Å². The average molecular weight is 290 g/mol. The number of Topliss-reactive ketones (excluding diaryl/α,β-unsaturated/α-hetero) is 1. The van der Waals surface area contributed by atoms with Gasteiger partial charge in [0.1, 0.15) is 5.78 Å². The van der Waals surface area contributed by atoms with E-state index in [1.807, 2.05) is 0 Å². The first-order chi connectivity index (χ1) is 8.77. The molecule has 2 heterocycles. The fourth-order valence-electron chi connectivity index (χ4n) is 3.09. The lowest BCUT2D eigenvalue weighted by atomic mass is 10.0. The fraction of sp³-hybridized carbons (Fsp3) is 0.917. The largest absolute Gasteiger partial charge is 0.390 e. The summed E-state index contributed by atoms with van der Waals surface area (Å²) in [6.07, 6.45) is 3.58. The zero-order valence-corrected chi connectivity index (χ0v) is 12.3. The number of carbonyl (C=O) groups excluding carboxylic acids is 1. The molecular formula is C12H22N2O4S. The van der Waals surface area contributed by atoms with E-state index < -0.39 is 16.1 Å². The van der Waals surface area contributed by atoms with Gasteiger partial charge in [-0.25, -0.2) is 12.7 Å². The number of sulfonamides is 1. The van der Waals surface area contributed by atoms with Crippen molar-refractivity contribution < 1.29 is 18.3 Å². The van der Waals surface area contributed by atoms with Gasteiger partial charge in [-0.05, 0) is 12.8 Å². The molecule has 7 heteroatoms. The Morgan fingerprint density at radius 1 is 1.37 bits per heavy atom. The molecule has 2 aliphatic heterocycles. The number of likely N-dealkylation sites (N-methyl/N-ethyl adjacent to an activating group) is 1. The quantitative estimate of drug-likeness (QED) is 0.734. The topological polar surface area (TPSA) is 77.9 Å². The Balaban J connectivity index is 1.90. The van der Waals surface area contributed by atoms with E-state index in [4.69, 9.17) is 0 Å². The molecule has 1 N–H and O–H groups in total. The van der Waals surface area contributed by atoms with Crippen LogP contribution in [0.15, 0.2) is 0 Å². The van der Waals surface area contributed by atoms with Crippen LogP contribution in [0.25, 0.3) is 0 Å². The Morgan fingerprint density at radius 3 is 2.37 bits per heavy atom. The fourth-order valence-corrected chi connectivity index (χ4v) is 3.54. The van der Waals surface area contributed by atoms with Crippen LogP contribution in [0.5, 0.6) is 0 Å². The number of piperidine rings is 1. The number of aliphatic hydroxyl groups excluding tert-OH is 1. The monoisotopic (exact) mass is 290 g/mol. The van der Waals surface area contributed by atoms with Crippen molar-refractivity contribution in [2.24, 2.45) is 0 Å². The Kier molecular flexibility index (Phi) is 4.29. The van der Waals surface area contributed by atoms with Crippen LogP contribution in [0.2, 0.25) is 0 Å². The molecule has 2 fully saturated rings. The van der Waals surface area contributed by atoms with Gasteiger partial charge in [0.2, 0.25) is 10.0 Å². The molecule has 6 nitrogen and oxygen atoms in total. The van der Waals surface area contributed by atoms with Crippen LogP contribution in [0.3, 0.4) is 0 Å². The van der Waals surface area contributed by atoms with Gasteiger partial charge in [0.15, 0.2) is 0 Å². The SMILES string of the molecule is CN(C[C@@H](O)CN1[C@@H]2CC[C@H]1CC(=O)C2)S(C)(=O)=O. The normalized spacial score (nSPS) is 30.0. The third-order valence-corrected chi connectivity index (χ3v) is 5.43. The smallest absolute Gasteiger partial charge is 0.211 e. The summed E-state index contributed by atoms with van der Waals surface area (Å²) in [6.45, 7) is 0.547. The molecule has 0 amide bonds. The Morgan fingerprint density at radius 2 is 1.89 bits per heavy atom. The first kappa shape index (κ1) is 14.9. The zero-order valence-electron chi connectivity index (χ0n) is 11.4.